The molecule has 2 aromatic carbocycles. The predicted octanol–water partition coefficient (Wildman–Crippen LogP) is 4.64. The van der Waals surface area contributed by atoms with Gasteiger partial charge in [0.05, 0.1) is 17.1 Å². The number of carbonyl (C=O) groups excluding carboxylic acids is 2. The van der Waals surface area contributed by atoms with Gasteiger partial charge >= 0.3 is 0 Å². The minimum atomic E-state index is -0.311. The van der Waals surface area contributed by atoms with Crippen molar-refractivity contribution in [1.82, 2.24) is 4.98 Å². The van der Waals surface area contributed by atoms with Gasteiger partial charge in [0.2, 0.25) is 5.91 Å². The van der Waals surface area contributed by atoms with Gasteiger partial charge in [0.25, 0.3) is 0 Å². The van der Waals surface area contributed by atoms with Crippen molar-refractivity contribution in [2.75, 3.05) is 5.32 Å². The van der Waals surface area contributed by atoms with Crippen molar-refractivity contribution in [1.29, 1.82) is 0 Å². The average Bonchev–Trinajstić information content (AvgIpc) is 2.96. The van der Waals surface area contributed by atoms with Gasteiger partial charge in [-0.1, -0.05) is 0 Å². The zero-order valence-corrected chi connectivity index (χ0v) is 15.2. The van der Waals surface area contributed by atoms with Crippen LogP contribution in [0.2, 0.25) is 0 Å². The second kappa shape index (κ2) is 7.58. The fourth-order valence-corrected chi connectivity index (χ4v) is 3.52. The topological polar surface area (TPSA) is 59.1 Å². The summed E-state index contributed by atoms with van der Waals surface area (Å²) in [5.74, 6) is -0.506. The van der Waals surface area contributed by atoms with E-state index in [1.165, 1.54) is 30.4 Å². The van der Waals surface area contributed by atoms with Gasteiger partial charge in [-0.15, -0.1) is 11.3 Å². The summed E-state index contributed by atoms with van der Waals surface area (Å²) in [5, 5.41) is 3.67. The summed E-state index contributed by atoms with van der Waals surface area (Å²) in [5.41, 5.74) is 2.71. The molecule has 1 heterocycles. The van der Waals surface area contributed by atoms with E-state index in [-0.39, 0.29) is 23.9 Å². The Bertz CT molecular complexity index is 947. The van der Waals surface area contributed by atoms with Crippen LogP contribution in [-0.2, 0) is 11.2 Å². The zero-order chi connectivity index (χ0) is 18.7. The Hall–Kier alpha value is -2.86. The highest BCUT2D eigenvalue weighted by Crippen LogP contribution is 2.29. The first kappa shape index (κ1) is 17.9. The molecule has 0 unspecified atom stereocenters. The van der Waals surface area contributed by atoms with E-state index in [4.69, 9.17) is 0 Å². The number of nitrogens with one attached hydrogen (secondary N) is 1. The smallest absolute Gasteiger partial charge is 0.229 e. The first-order chi connectivity index (χ1) is 12.4. The molecular weight excluding hydrogens is 351 g/mol. The van der Waals surface area contributed by atoms with Crippen LogP contribution >= 0.6 is 11.3 Å². The van der Waals surface area contributed by atoms with Crippen molar-refractivity contribution in [3.63, 3.8) is 0 Å². The fraction of sp³-hybridized carbons (Fsp3) is 0.150. The number of nitrogens with zero attached hydrogens (tertiary/aromatic N) is 1. The Kier molecular flexibility index (Phi) is 5.23. The summed E-state index contributed by atoms with van der Waals surface area (Å²) in [6, 6.07) is 12.8. The Morgan fingerprint density at radius 1 is 1.08 bits per heavy atom. The molecule has 0 radical (unpaired) electrons. The van der Waals surface area contributed by atoms with Crippen molar-refractivity contribution in [2.24, 2.45) is 0 Å². The molecule has 26 heavy (non-hydrogen) atoms. The first-order valence-electron chi connectivity index (χ1n) is 8.05. The van der Waals surface area contributed by atoms with Crippen LogP contribution in [0.1, 0.15) is 27.2 Å². The number of carbonyl (C=O) groups is 2. The molecule has 0 spiro atoms. The number of anilines is 1. The molecule has 0 atom stereocenters. The molecule has 0 aliphatic heterocycles. The van der Waals surface area contributed by atoms with E-state index >= 15 is 0 Å². The summed E-state index contributed by atoms with van der Waals surface area (Å²) in [7, 11) is 0. The van der Waals surface area contributed by atoms with Gasteiger partial charge < -0.3 is 5.32 Å². The van der Waals surface area contributed by atoms with Gasteiger partial charge in [0, 0.05) is 21.7 Å². The minimum absolute atomic E-state index is 0.0213. The summed E-state index contributed by atoms with van der Waals surface area (Å²) >= 11 is 1.45. The number of halogens is 1. The molecule has 0 fully saturated rings. The lowest BCUT2D eigenvalue weighted by atomic mass is 10.1. The molecule has 0 bridgehead atoms. The zero-order valence-electron chi connectivity index (χ0n) is 14.4. The lowest BCUT2D eigenvalue weighted by Gasteiger charge is -2.06. The van der Waals surface area contributed by atoms with Gasteiger partial charge in [0.15, 0.2) is 5.78 Å². The van der Waals surface area contributed by atoms with Crippen molar-refractivity contribution in [3.05, 3.63) is 69.8 Å². The Morgan fingerprint density at radius 3 is 2.35 bits per heavy atom. The lowest BCUT2D eigenvalue weighted by Crippen LogP contribution is -2.14. The maximum atomic E-state index is 13.1. The maximum absolute atomic E-state index is 13.1. The van der Waals surface area contributed by atoms with Crippen molar-refractivity contribution >= 4 is 28.7 Å². The molecule has 3 aromatic rings. The Balaban J connectivity index is 1.75. The number of benzene rings is 2. The van der Waals surface area contributed by atoms with Crippen LogP contribution in [0.25, 0.3) is 11.3 Å². The number of hydrogen-bond acceptors (Lipinski definition) is 4. The third-order valence-corrected chi connectivity index (χ3v) is 4.79. The third kappa shape index (κ3) is 4.21. The minimum Gasteiger partial charge on any atom is -0.326 e. The van der Waals surface area contributed by atoms with Crippen LogP contribution in [0.3, 0.4) is 0 Å². The van der Waals surface area contributed by atoms with E-state index in [2.05, 4.69) is 10.3 Å². The lowest BCUT2D eigenvalue weighted by molar-refractivity contribution is -0.115. The Morgan fingerprint density at radius 2 is 1.73 bits per heavy atom. The number of hydrogen-bond donors (Lipinski definition) is 1. The van der Waals surface area contributed by atoms with Gasteiger partial charge in [-0.2, -0.15) is 0 Å². The second-order valence-corrected chi connectivity index (χ2v) is 7.16. The van der Waals surface area contributed by atoms with Gasteiger partial charge in [-0.3, -0.25) is 9.59 Å². The number of ketones is 1. The van der Waals surface area contributed by atoms with E-state index in [9.17, 15) is 14.0 Å². The van der Waals surface area contributed by atoms with Crippen LogP contribution in [0.15, 0.2) is 48.5 Å². The van der Waals surface area contributed by atoms with E-state index < -0.39 is 0 Å². The summed E-state index contributed by atoms with van der Waals surface area (Å²) in [6.45, 7) is 3.37. The van der Waals surface area contributed by atoms with Crippen molar-refractivity contribution in [2.45, 2.75) is 20.3 Å². The van der Waals surface area contributed by atoms with E-state index in [0.29, 0.717) is 16.9 Å². The van der Waals surface area contributed by atoms with Crippen LogP contribution in [0, 0.1) is 12.7 Å². The van der Waals surface area contributed by atoms with Crippen LogP contribution < -0.4 is 5.32 Å². The van der Waals surface area contributed by atoms with Crippen LogP contribution in [0.4, 0.5) is 10.1 Å². The summed E-state index contributed by atoms with van der Waals surface area (Å²) < 4.78 is 13.1. The molecule has 0 saturated heterocycles. The highest BCUT2D eigenvalue weighted by molar-refractivity contribution is 7.12. The van der Waals surface area contributed by atoms with E-state index in [1.807, 2.05) is 6.92 Å². The molecule has 132 valence electrons. The Labute approximate surface area is 154 Å². The number of amides is 1. The van der Waals surface area contributed by atoms with E-state index in [1.54, 1.807) is 36.4 Å². The number of thiazole rings is 1. The average molecular weight is 368 g/mol. The molecular formula is C20H17FN2O2S. The molecule has 0 aliphatic carbocycles. The van der Waals surface area contributed by atoms with Gasteiger partial charge in [0.1, 0.15) is 5.82 Å². The molecule has 3 rings (SSSR count). The van der Waals surface area contributed by atoms with Crippen LogP contribution in [0.5, 0.6) is 0 Å². The predicted molar refractivity (Wildman–Crippen MR) is 101 cm³/mol. The van der Waals surface area contributed by atoms with Crippen molar-refractivity contribution in [3.8, 4) is 11.3 Å². The largest absolute Gasteiger partial charge is 0.326 e. The standard InChI is InChI=1S/C20H17FN2O2S/c1-12(24)14-5-9-17(10-6-14)23-19(25)11-18-20(22-13(2)26-18)15-3-7-16(21)8-4-15/h3-10H,11H2,1-2H3,(H,23,25). The molecule has 6 heteroatoms. The monoisotopic (exact) mass is 368 g/mol. The molecule has 1 N–H and O–H groups in total. The number of Topliss-reactive ketones (excluding diaryl/α,β-unsaturated/α-hetero) is 1. The van der Waals surface area contributed by atoms with Crippen LogP contribution in [-0.4, -0.2) is 16.7 Å². The molecule has 4 nitrogen and oxygen atoms in total. The molecule has 0 aliphatic rings. The number of aromatic nitrogens is 1. The maximum Gasteiger partial charge on any atom is 0.229 e. The molecule has 1 amide bonds. The number of rotatable bonds is 5. The third-order valence-electron chi connectivity index (χ3n) is 3.82. The summed E-state index contributed by atoms with van der Waals surface area (Å²) in [4.78, 5) is 29.0. The second-order valence-electron chi connectivity index (χ2n) is 5.87. The molecule has 0 saturated carbocycles. The van der Waals surface area contributed by atoms with Gasteiger partial charge in [-0.05, 0) is 62.4 Å². The van der Waals surface area contributed by atoms with Crippen molar-refractivity contribution < 1.29 is 14.0 Å². The fourth-order valence-electron chi connectivity index (χ4n) is 2.56. The SMILES string of the molecule is CC(=O)c1ccc(NC(=O)Cc2sc(C)nc2-c2ccc(F)cc2)cc1. The van der Waals surface area contributed by atoms with E-state index in [0.717, 1.165) is 15.4 Å². The normalized spacial score (nSPS) is 10.6. The van der Waals surface area contributed by atoms with Gasteiger partial charge in [-0.25, -0.2) is 9.37 Å². The highest BCUT2D eigenvalue weighted by atomic mass is 32.1. The highest BCUT2D eigenvalue weighted by Gasteiger charge is 2.15. The first-order valence-corrected chi connectivity index (χ1v) is 8.87. The summed E-state index contributed by atoms with van der Waals surface area (Å²) in [6.07, 6.45) is 0.173. The quantitative estimate of drug-likeness (QED) is 0.668. The number of aryl methyl sites for hydroxylation is 1. The molecule has 1 aromatic heterocycles.